The fraction of sp³-hybridized carbons (Fsp3) is 0.429. The first-order chi connectivity index (χ1) is 10.3. The predicted molar refractivity (Wildman–Crippen MR) is 73.3 cm³/mol. The fourth-order valence-electron chi connectivity index (χ4n) is 1.72. The van der Waals surface area contributed by atoms with Gasteiger partial charge in [-0.3, -0.25) is 9.59 Å². The van der Waals surface area contributed by atoms with E-state index < -0.39 is 25.3 Å². The second kappa shape index (κ2) is 6.78. The minimum Gasteiger partial charge on any atom is -0.362 e. The molecular formula is C14H15F3N2O3. The highest BCUT2D eigenvalue weighted by molar-refractivity contribution is 5.96. The maximum Gasteiger partial charge on any atom is 0.411 e. The Hall–Kier alpha value is -2.09. The molecule has 0 atom stereocenters. The van der Waals surface area contributed by atoms with Crippen LogP contribution in [0.4, 0.5) is 24.5 Å². The number of ether oxygens (including phenoxy) is 1. The van der Waals surface area contributed by atoms with Gasteiger partial charge in [0.15, 0.2) is 0 Å². The summed E-state index contributed by atoms with van der Waals surface area (Å²) in [7, 11) is 0. The summed E-state index contributed by atoms with van der Waals surface area (Å²) in [5, 5.41) is 5.11. The van der Waals surface area contributed by atoms with Gasteiger partial charge in [0.1, 0.15) is 13.2 Å². The van der Waals surface area contributed by atoms with Crippen LogP contribution in [0.1, 0.15) is 12.8 Å². The van der Waals surface area contributed by atoms with E-state index >= 15 is 0 Å². The van der Waals surface area contributed by atoms with E-state index in [-0.39, 0.29) is 11.8 Å². The Morgan fingerprint density at radius 1 is 1.18 bits per heavy atom. The van der Waals surface area contributed by atoms with Crippen molar-refractivity contribution in [2.75, 3.05) is 23.8 Å². The summed E-state index contributed by atoms with van der Waals surface area (Å²) >= 11 is 0. The number of benzene rings is 1. The SMILES string of the molecule is O=C(COCC(F)(F)F)Nc1cccc(NC(=O)C2CC2)c1. The van der Waals surface area contributed by atoms with Crippen LogP contribution in [-0.2, 0) is 14.3 Å². The number of carbonyl (C=O) groups excluding carboxylic acids is 2. The van der Waals surface area contributed by atoms with Gasteiger partial charge in [0, 0.05) is 17.3 Å². The molecule has 5 nitrogen and oxygen atoms in total. The van der Waals surface area contributed by atoms with Crippen molar-refractivity contribution in [2.24, 2.45) is 5.92 Å². The van der Waals surface area contributed by atoms with Crippen molar-refractivity contribution < 1.29 is 27.5 Å². The van der Waals surface area contributed by atoms with Gasteiger partial charge in [-0.2, -0.15) is 13.2 Å². The van der Waals surface area contributed by atoms with Gasteiger partial charge in [0.05, 0.1) is 0 Å². The first-order valence-corrected chi connectivity index (χ1v) is 6.69. The van der Waals surface area contributed by atoms with Gasteiger partial charge in [0.25, 0.3) is 0 Å². The van der Waals surface area contributed by atoms with Crippen LogP contribution in [0.25, 0.3) is 0 Å². The molecule has 2 N–H and O–H groups in total. The predicted octanol–water partition coefficient (Wildman–Crippen LogP) is 2.55. The lowest BCUT2D eigenvalue weighted by molar-refractivity contribution is -0.174. The minimum absolute atomic E-state index is 0.0500. The number of hydrogen-bond donors (Lipinski definition) is 2. The Kier molecular flexibility index (Phi) is 5.02. The van der Waals surface area contributed by atoms with E-state index in [0.29, 0.717) is 11.4 Å². The van der Waals surface area contributed by atoms with Gasteiger partial charge in [0.2, 0.25) is 11.8 Å². The fourth-order valence-corrected chi connectivity index (χ4v) is 1.72. The number of halogens is 3. The number of alkyl halides is 3. The average Bonchev–Trinajstić information content (AvgIpc) is 3.21. The van der Waals surface area contributed by atoms with Crippen molar-refractivity contribution in [1.82, 2.24) is 0 Å². The molecule has 2 rings (SSSR count). The van der Waals surface area contributed by atoms with E-state index in [9.17, 15) is 22.8 Å². The van der Waals surface area contributed by atoms with E-state index in [1.165, 1.54) is 6.07 Å². The van der Waals surface area contributed by atoms with Crippen LogP contribution < -0.4 is 10.6 Å². The standard InChI is InChI=1S/C14H15F3N2O3/c15-14(16,17)8-22-7-12(20)18-10-2-1-3-11(6-10)19-13(21)9-4-5-9/h1-3,6,9H,4-5,7-8H2,(H,18,20)(H,19,21). The first kappa shape index (κ1) is 16.3. The van der Waals surface area contributed by atoms with Gasteiger partial charge in [-0.1, -0.05) is 6.07 Å². The van der Waals surface area contributed by atoms with Crippen LogP contribution in [-0.4, -0.2) is 31.2 Å². The lowest BCUT2D eigenvalue weighted by Gasteiger charge is -2.10. The molecule has 1 aliphatic carbocycles. The van der Waals surface area contributed by atoms with Crippen LogP contribution in [0.15, 0.2) is 24.3 Å². The zero-order chi connectivity index (χ0) is 16.2. The smallest absolute Gasteiger partial charge is 0.362 e. The summed E-state index contributed by atoms with van der Waals surface area (Å²) in [6.45, 7) is -2.17. The number of rotatable bonds is 6. The lowest BCUT2D eigenvalue weighted by atomic mass is 10.2. The normalized spacial score (nSPS) is 14.5. The highest BCUT2D eigenvalue weighted by Crippen LogP contribution is 2.30. The quantitative estimate of drug-likeness (QED) is 0.847. The summed E-state index contributed by atoms with van der Waals surface area (Å²) < 4.78 is 39.9. The minimum atomic E-state index is -4.46. The Morgan fingerprint density at radius 2 is 1.82 bits per heavy atom. The number of hydrogen-bond acceptors (Lipinski definition) is 3. The monoisotopic (exact) mass is 316 g/mol. The first-order valence-electron chi connectivity index (χ1n) is 6.69. The van der Waals surface area contributed by atoms with Crippen molar-refractivity contribution in [3.8, 4) is 0 Å². The highest BCUT2D eigenvalue weighted by atomic mass is 19.4. The molecule has 0 aliphatic heterocycles. The van der Waals surface area contributed by atoms with Crippen LogP contribution in [0.2, 0.25) is 0 Å². The summed E-state index contributed by atoms with van der Waals surface area (Å²) in [5.74, 6) is -0.721. The van der Waals surface area contributed by atoms with Crippen molar-refractivity contribution in [2.45, 2.75) is 19.0 Å². The molecule has 0 radical (unpaired) electrons. The summed E-state index contributed by atoms with van der Waals surface area (Å²) in [6.07, 6.45) is -2.72. The lowest BCUT2D eigenvalue weighted by Crippen LogP contribution is -2.24. The molecule has 0 aromatic heterocycles. The Balaban J connectivity index is 1.81. The Bertz CT molecular complexity index is 557. The Morgan fingerprint density at radius 3 is 2.41 bits per heavy atom. The van der Waals surface area contributed by atoms with E-state index in [1.54, 1.807) is 18.2 Å². The van der Waals surface area contributed by atoms with Crippen molar-refractivity contribution >= 4 is 23.2 Å². The van der Waals surface area contributed by atoms with Crippen LogP contribution in [0.3, 0.4) is 0 Å². The highest BCUT2D eigenvalue weighted by Gasteiger charge is 2.29. The third kappa shape index (κ3) is 5.72. The van der Waals surface area contributed by atoms with E-state index in [2.05, 4.69) is 15.4 Å². The Labute approximate surface area is 124 Å². The zero-order valence-corrected chi connectivity index (χ0v) is 11.6. The number of amides is 2. The van der Waals surface area contributed by atoms with Crippen molar-refractivity contribution in [1.29, 1.82) is 0 Å². The molecule has 22 heavy (non-hydrogen) atoms. The topological polar surface area (TPSA) is 67.4 Å². The molecular weight excluding hydrogens is 301 g/mol. The van der Waals surface area contributed by atoms with Gasteiger partial charge in [-0.15, -0.1) is 0 Å². The molecule has 0 heterocycles. The second-order valence-corrected chi connectivity index (χ2v) is 5.00. The largest absolute Gasteiger partial charge is 0.411 e. The molecule has 1 fully saturated rings. The van der Waals surface area contributed by atoms with Crippen molar-refractivity contribution in [3.05, 3.63) is 24.3 Å². The zero-order valence-electron chi connectivity index (χ0n) is 11.6. The third-order valence-corrected chi connectivity index (χ3v) is 2.86. The van der Waals surface area contributed by atoms with Gasteiger partial charge in [-0.25, -0.2) is 0 Å². The van der Waals surface area contributed by atoms with Gasteiger partial charge < -0.3 is 15.4 Å². The number of carbonyl (C=O) groups is 2. The number of anilines is 2. The van der Waals surface area contributed by atoms with Crippen LogP contribution in [0, 0.1) is 5.92 Å². The molecule has 8 heteroatoms. The summed E-state index contributed by atoms with van der Waals surface area (Å²) in [6, 6.07) is 6.38. The molecule has 0 unspecified atom stereocenters. The van der Waals surface area contributed by atoms with Gasteiger partial charge in [-0.05, 0) is 31.0 Å². The summed E-state index contributed by atoms with van der Waals surface area (Å²) in [5.41, 5.74) is 0.889. The molecule has 2 amide bonds. The molecule has 0 bridgehead atoms. The van der Waals surface area contributed by atoms with E-state index in [1.807, 2.05) is 0 Å². The second-order valence-electron chi connectivity index (χ2n) is 5.00. The van der Waals surface area contributed by atoms with Crippen LogP contribution in [0.5, 0.6) is 0 Å². The molecule has 1 aromatic rings. The van der Waals surface area contributed by atoms with E-state index in [0.717, 1.165) is 12.8 Å². The molecule has 0 saturated heterocycles. The molecule has 0 spiro atoms. The molecule has 1 saturated carbocycles. The molecule has 1 aliphatic rings. The maximum atomic E-state index is 11.9. The molecule has 120 valence electrons. The summed E-state index contributed by atoms with van der Waals surface area (Å²) in [4.78, 5) is 23.1. The van der Waals surface area contributed by atoms with Gasteiger partial charge >= 0.3 is 6.18 Å². The van der Waals surface area contributed by atoms with Crippen LogP contribution >= 0.6 is 0 Å². The third-order valence-electron chi connectivity index (χ3n) is 2.86. The van der Waals surface area contributed by atoms with E-state index in [4.69, 9.17) is 0 Å². The maximum absolute atomic E-state index is 11.9. The number of nitrogens with one attached hydrogen (secondary N) is 2. The van der Waals surface area contributed by atoms with Crippen molar-refractivity contribution in [3.63, 3.8) is 0 Å². The average molecular weight is 316 g/mol. The molecule has 1 aromatic carbocycles.